The Kier molecular flexibility index (Phi) is 5.53. The fraction of sp³-hybridized carbons (Fsp3) is 0.389. The number of hydrogen-bond acceptors (Lipinski definition) is 4. The van der Waals surface area contributed by atoms with Crippen LogP contribution in [-0.2, 0) is 6.54 Å². The van der Waals surface area contributed by atoms with Crippen LogP contribution in [-0.4, -0.2) is 24.1 Å². The molecule has 0 unspecified atom stereocenters. The topological polar surface area (TPSA) is 49.0 Å². The molecular weight excluding hydrogens is 327 g/mol. The lowest BCUT2D eigenvalue weighted by Gasteiger charge is -2.26. The Morgan fingerprint density at radius 3 is 3.04 bits per heavy atom. The number of piperidine rings is 1. The molecule has 1 aliphatic heterocycles. The largest absolute Gasteiger partial charge is 0.381 e. The minimum atomic E-state index is -0.247. The second-order valence-corrected chi connectivity index (χ2v) is 6.52. The molecule has 1 saturated heterocycles. The number of anilines is 2. The molecule has 1 aliphatic rings. The van der Waals surface area contributed by atoms with E-state index in [1.54, 1.807) is 12.3 Å². The Hall–Kier alpha value is -1.85. The second-order valence-electron chi connectivity index (χ2n) is 6.14. The molecule has 0 saturated carbocycles. The number of benzene rings is 1. The summed E-state index contributed by atoms with van der Waals surface area (Å²) in [4.78, 5) is 4.17. The molecule has 0 spiro atoms. The normalized spacial score (nSPS) is 17.5. The van der Waals surface area contributed by atoms with Crippen LogP contribution in [0, 0.1) is 12.7 Å². The Labute approximate surface area is 146 Å². The van der Waals surface area contributed by atoms with Gasteiger partial charge in [-0.2, -0.15) is 0 Å². The number of rotatable bonds is 5. The molecule has 0 aliphatic carbocycles. The molecule has 1 atom stereocenters. The van der Waals surface area contributed by atoms with Crippen molar-refractivity contribution in [3.05, 3.63) is 52.6 Å². The number of aromatic nitrogens is 1. The third-order valence-electron chi connectivity index (χ3n) is 4.29. The SMILES string of the molecule is Cc1cccc(F)c1NCc1cnc(Cl)cc1N[C@@H]1CCCNC1. The maximum absolute atomic E-state index is 14.0. The van der Waals surface area contributed by atoms with E-state index in [1.165, 1.54) is 6.07 Å². The molecule has 2 heterocycles. The fourth-order valence-electron chi connectivity index (χ4n) is 2.97. The maximum atomic E-state index is 14.0. The molecule has 3 N–H and O–H groups in total. The van der Waals surface area contributed by atoms with Crippen molar-refractivity contribution in [2.45, 2.75) is 32.4 Å². The monoisotopic (exact) mass is 348 g/mol. The first-order chi connectivity index (χ1) is 11.6. The van der Waals surface area contributed by atoms with Crippen LogP contribution in [0.25, 0.3) is 0 Å². The number of nitrogens with zero attached hydrogens (tertiary/aromatic N) is 1. The molecule has 4 nitrogen and oxygen atoms in total. The van der Waals surface area contributed by atoms with Gasteiger partial charge in [0.05, 0.1) is 5.69 Å². The molecule has 1 aromatic heterocycles. The van der Waals surface area contributed by atoms with Crippen LogP contribution in [0.2, 0.25) is 5.15 Å². The quantitative estimate of drug-likeness (QED) is 0.716. The summed E-state index contributed by atoms with van der Waals surface area (Å²) < 4.78 is 14.0. The number of aryl methyl sites for hydroxylation is 1. The van der Waals surface area contributed by atoms with Gasteiger partial charge in [-0.05, 0) is 44.0 Å². The van der Waals surface area contributed by atoms with Gasteiger partial charge in [-0.1, -0.05) is 23.7 Å². The summed E-state index contributed by atoms with van der Waals surface area (Å²) in [5, 5.41) is 10.6. The van der Waals surface area contributed by atoms with Gasteiger partial charge in [0.15, 0.2) is 0 Å². The van der Waals surface area contributed by atoms with Gasteiger partial charge in [-0.3, -0.25) is 0 Å². The zero-order valence-electron chi connectivity index (χ0n) is 13.7. The lowest BCUT2D eigenvalue weighted by molar-refractivity contribution is 0.479. The van der Waals surface area contributed by atoms with E-state index in [4.69, 9.17) is 11.6 Å². The highest BCUT2D eigenvalue weighted by Gasteiger charge is 2.15. The van der Waals surface area contributed by atoms with Gasteiger partial charge >= 0.3 is 0 Å². The third kappa shape index (κ3) is 4.16. The Balaban J connectivity index is 1.75. The van der Waals surface area contributed by atoms with Gasteiger partial charge in [0.2, 0.25) is 0 Å². The zero-order chi connectivity index (χ0) is 16.9. The minimum absolute atomic E-state index is 0.247. The molecule has 2 aromatic rings. The smallest absolute Gasteiger partial charge is 0.146 e. The van der Waals surface area contributed by atoms with E-state index < -0.39 is 0 Å². The van der Waals surface area contributed by atoms with Crippen molar-refractivity contribution in [3.63, 3.8) is 0 Å². The van der Waals surface area contributed by atoms with Crippen molar-refractivity contribution in [1.82, 2.24) is 10.3 Å². The van der Waals surface area contributed by atoms with Gasteiger partial charge in [0, 0.05) is 36.6 Å². The summed E-state index contributed by atoms with van der Waals surface area (Å²) >= 11 is 6.05. The predicted octanol–water partition coefficient (Wildman–Crippen LogP) is 3.96. The van der Waals surface area contributed by atoms with Crippen LogP contribution in [0.1, 0.15) is 24.0 Å². The molecule has 24 heavy (non-hydrogen) atoms. The van der Waals surface area contributed by atoms with Gasteiger partial charge in [-0.25, -0.2) is 9.37 Å². The lowest BCUT2D eigenvalue weighted by atomic mass is 10.1. The van der Waals surface area contributed by atoms with Crippen molar-refractivity contribution < 1.29 is 4.39 Å². The maximum Gasteiger partial charge on any atom is 0.146 e. The summed E-state index contributed by atoms with van der Waals surface area (Å²) in [6, 6.07) is 7.26. The van der Waals surface area contributed by atoms with Crippen LogP contribution >= 0.6 is 11.6 Å². The van der Waals surface area contributed by atoms with Crippen LogP contribution < -0.4 is 16.0 Å². The molecule has 1 fully saturated rings. The average Bonchev–Trinajstić information content (AvgIpc) is 2.57. The van der Waals surface area contributed by atoms with Crippen molar-refractivity contribution >= 4 is 23.0 Å². The Morgan fingerprint density at radius 1 is 1.42 bits per heavy atom. The highest BCUT2D eigenvalue weighted by molar-refractivity contribution is 6.29. The summed E-state index contributed by atoms with van der Waals surface area (Å²) in [5.41, 5.74) is 3.32. The Morgan fingerprint density at radius 2 is 2.29 bits per heavy atom. The summed E-state index contributed by atoms with van der Waals surface area (Å²) in [7, 11) is 0. The summed E-state index contributed by atoms with van der Waals surface area (Å²) in [5.74, 6) is -0.247. The van der Waals surface area contributed by atoms with Gasteiger partial charge in [0.25, 0.3) is 0 Å². The first-order valence-corrected chi connectivity index (χ1v) is 8.62. The van der Waals surface area contributed by atoms with E-state index in [0.29, 0.717) is 23.4 Å². The number of halogens is 2. The van der Waals surface area contributed by atoms with Gasteiger partial charge in [-0.15, -0.1) is 0 Å². The standard InChI is InChI=1S/C18H22ClFN4/c1-12-4-2-6-15(20)18(12)23-10-13-9-22-17(19)8-16(13)24-14-5-3-7-21-11-14/h2,4,6,8-9,14,21,23H,3,5,7,10-11H2,1H3,(H,22,24)/t14-/m1/s1. The molecule has 0 amide bonds. The number of para-hydroxylation sites is 1. The minimum Gasteiger partial charge on any atom is -0.381 e. The van der Waals surface area contributed by atoms with Crippen molar-refractivity contribution in [3.8, 4) is 0 Å². The van der Waals surface area contributed by atoms with Gasteiger partial charge < -0.3 is 16.0 Å². The van der Waals surface area contributed by atoms with E-state index >= 15 is 0 Å². The first kappa shape index (κ1) is 17.0. The third-order valence-corrected chi connectivity index (χ3v) is 4.49. The van der Waals surface area contributed by atoms with Crippen LogP contribution in [0.4, 0.5) is 15.8 Å². The van der Waals surface area contributed by atoms with Crippen molar-refractivity contribution in [1.29, 1.82) is 0 Å². The van der Waals surface area contributed by atoms with E-state index in [-0.39, 0.29) is 5.82 Å². The van der Waals surface area contributed by atoms with Crippen LogP contribution in [0.3, 0.4) is 0 Å². The van der Waals surface area contributed by atoms with Crippen LogP contribution in [0.15, 0.2) is 30.5 Å². The van der Waals surface area contributed by atoms with Gasteiger partial charge in [0.1, 0.15) is 11.0 Å². The number of nitrogens with one attached hydrogen (secondary N) is 3. The first-order valence-electron chi connectivity index (χ1n) is 8.24. The van der Waals surface area contributed by atoms with Crippen molar-refractivity contribution in [2.24, 2.45) is 0 Å². The molecule has 1 aromatic carbocycles. The molecule has 0 radical (unpaired) electrons. The van der Waals surface area contributed by atoms with E-state index in [9.17, 15) is 4.39 Å². The molecule has 6 heteroatoms. The van der Waals surface area contributed by atoms with Crippen LogP contribution in [0.5, 0.6) is 0 Å². The number of pyridine rings is 1. The van der Waals surface area contributed by atoms with E-state index in [0.717, 1.165) is 42.7 Å². The highest BCUT2D eigenvalue weighted by atomic mass is 35.5. The molecule has 128 valence electrons. The molecule has 3 rings (SSSR count). The highest BCUT2D eigenvalue weighted by Crippen LogP contribution is 2.24. The predicted molar refractivity (Wildman–Crippen MR) is 97.2 cm³/mol. The Bertz CT molecular complexity index is 681. The molecular formula is C18H22ClFN4. The summed E-state index contributed by atoms with van der Waals surface area (Å²) in [6.45, 7) is 4.36. The summed E-state index contributed by atoms with van der Waals surface area (Å²) in [6.07, 6.45) is 4.01. The lowest BCUT2D eigenvalue weighted by Crippen LogP contribution is -2.38. The van der Waals surface area contributed by atoms with E-state index in [2.05, 4.69) is 20.9 Å². The molecule has 0 bridgehead atoms. The van der Waals surface area contributed by atoms with E-state index in [1.807, 2.05) is 19.1 Å². The van der Waals surface area contributed by atoms with Crippen molar-refractivity contribution in [2.75, 3.05) is 23.7 Å². The number of hydrogen-bond donors (Lipinski definition) is 3. The zero-order valence-corrected chi connectivity index (χ0v) is 14.5. The average molecular weight is 349 g/mol. The fourth-order valence-corrected chi connectivity index (χ4v) is 3.13. The second kappa shape index (κ2) is 7.81.